The van der Waals surface area contributed by atoms with Crippen LogP contribution in [0.15, 0.2) is 24.3 Å². The van der Waals surface area contributed by atoms with Gasteiger partial charge in [-0.05, 0) is 91.8 Å². The highest BCUT2D eigenvalue weighted by Crippen LogP contribution is 2.70. The first-order valence-corrected chi connectivity index (χ1v) is 14.1. The van der Waals surface area contributed by atoms with E-state index in [1.165, 1.54) is 50.0 Å². The summed E-state index contributed by atoms with van der Waals surface area (Å²) >= 11 is 4.39. The topological polar surface area (TPSA) is 37.3 Å². The molecule has 166 valence electrons. The van der Waals surface area contributed by atoms with E-state index < -0.39 is 5.97 Å². The lowest BCUT2D eigenvalue weighted by Gasteiger charge is -2.61. The Hall–Kier alpha value is -0.350. The zero-order valence-corrected chi connectivity index (χ0v) is 20.3. The maximum Gasteiger partial charge on any atom is 0.303 e. The Balaban J connectivity index is 1.50. The summed E-state index contributed by atoms with van der Waals surface area (Å²) in [5.41, 5.74) is 2.36. The van der Waals surface area contributed by atoms with Crippen molar-refractivity contribution in [3.8, 4) is 0 Å². The van der Waals surface area contributed by atoms with Gasteiger partial charge < -0.3 is 5.11 Å². The highest BCUT2D eigenvalue weighted by Gasteiger charge is 2.61. The van der Waals surface area contributed by atoms with Gasteiger partial charge in [0.2, 0.25) is 0 Å². The van der Waals surface area contributed by atoms with Crippen molar-refractivity contribution in [2.45, 2.75) is 75.7 Å². The minimum absolute atomic E-state index is 0.226. The van der Waals surface area contributed by atoms with Crippen molar-refractivity contribution in [2.24, 2.45) is 40.4 Å². The number of hydrogen-bond donors (Lipinski definition) is 1. The zero-order valence-electron chi connectivity index (χ0n) is 18.7. The van der Waals surface area contributed by atoms with E-state index in [1.807, 2.05) is 0 Å². The van der Waals surface area contributed by atoms with Crippen molar-refractivity contribution in [2.75, 3.05) is 11.5 Å². The molecule has 1 N–H and O–H groups in total. The van der Waals surface area contributed by atoms with Crippen molar-refractivity contribution in [3.63, 3.8) is 0 Å². The molecule has 0 bridgehead atoms. The van der Waals surface area contributed by atoms with Gasteiger partial charge in [0.15, 0.2) is 0 Å². The Labute approximate surface area is 191 Å². The summed E-state index contributed by atoms with van der Waals surface area (Å²) in [7, 11) is 0. The molecule has 0 amide bonds. The van der Waals surface area contributed by atoms with Crippen LogP contribution < -0.4 is 0 Å². The summed E-state index contributed by atoms with van der Waals surface area (Å²) < 4.78 is 0.365. The molecule has 4 fully saturated rings. The number of fused-ring (bicyclic) bond motifs is 5. The molecule has 4 heteroatoms. The van der Waals surface area contributed by atoms with E-state index in [0.29, 0.717) is 33.7 Å². The van der Waals surface area contributed by atoms with Crippen molar-refractivity contribution in [1.82, 2.24) is 0 Å². The molecule has 0 aromatic heterocycles. The van der Waals surface area contributed by atoms with E-state index in [0.717, 1.165) is 24.7 Å². The van der Waals surface area contributed by atoms with Gasteiger partial charge in [0, 0.05) is 17.9 Å². The minimum atomic E-state index is -0.600. The number of thioether (sulfide) groups is 2. The maximum atomic E-state index is 11.6. The average Bonchev–Trinajstić information content (AvgIpc) is 3.28. The molecule has 1 heterocycles. The van der Waals surface area contributed by atoms with Crippen LogP contribution in [0.1, 0.15) is 71.6 Å². The van der Waals surface area contributed by atoms with Crippen LogP contribution in [-0.4, -0.2) is 26.7 Å². The third kappa shape index (κ3) is 3.17. The second-order valence-electron chi connectivity index (χ2n) is 11.3. The van der Waals surface area contributed by atoms with Gasteiger partial charge in [-0.2, -0.15) is 0 Å². The third-order valence-electron chi connectivity index (χ3n) is 10.2. The molecule has 30 heavy (non-hydrogen) atoms. The van der Waals surface area contributed by atoms with Crippen LogP contribution in [0, 0.1) is 40.4 Å². The van der Waals surface area contributed by atoms with Crippen LogP contribution in [0.5, 0.6) is 0 Å². The van der Waals surface area contributed by atoms with Gasteiger partial charge in [0.1, 0.15) is 0 Å². The molecule has 1 spiro atoms. The Morgan fingerprint density at radius 3 is 2.63 bits per heavy atom. The first kappa shape index (κ1) is 21.5. The number of hydrogen-bond acceptors (Lipinski definition) is 3. The molecule has 0 aromatic rings. The smallest absolute Gasteiger partial charge is 0.303 e. The molecular formula is C26H38O2S2. The molecule has 4 aliphatic carbocycles. The molecule has 5 rings (SSSR count). The molecule has 1 saturated heterocycles. The Bertz CT molecular complexity index is 754. The maximum absolute atomic E-state index is 11.6. The van der Waals surface area contributed by atoms with E-state index >= 15 is 0 Å². The molecule has 1 aliphatic heterocycles. The summed E-state index contributed by atoms with van der Waals surface area (Å²) in [5, 5.41) is 9.52. The summed E-state index contributed by atoms with van der Waals surface area (Å²) in [6.07, 6.45) is 15.2. The largest absolute Gasteiger partial charge is 0.481 e. The molecular weight excluding hydrogens is 408 g/mol. The van der Waals surface area contributed by atoms with Gasteiger partial charge in [0.25, 0.3) is 0 Å². The molecule has 0 aromatic carbocycles. The number of rotatable bonds is 4. The van der Waals surface area contributed by atoms with Gasteiger partial charge in [-0.3, -0.25) is 4.79 Å². The van der Waals surface area contributed by atoms with Gasteiger partial charge >= 0.3 is 5.97 Å². The van der Waals surface area contributed by atoms with Gasteiger partial charge in [0.05, 0.1) is 4.08 Å². The fraction of sp³-hybridized carbons (Fsp3) is 0.808. The predicted molar refractivity (Wildman–Crippen MR) is 129 cm³/mol. The Morgan fingerprint density at radius 1 is 1.17 bits per heavy atom. The quantitative estimate of drug-likeness (QED) is 0.471. The van der Waals surface area contributed by atoms with Crippen LogP contribution in [0.4, 0.5) is 0 Å². The van der Waals surface area contributed by atoms with Gasteiger partial charge in [-0.1, -0.05) is 31.6 Å². The van der Waals surface area contributed by atoms with E-state index in [-0.39, 0.29) is 5.41 Å². The van der Waals surface area contributed by atoms with Crippen molar-refractivity contribution in [1.29, 1.82) is 0 Å². The van der Waals surface area contributed by atoms with Crippen LogP contribution in [-0.2, 0) is 4.79 Å². The van der Waals surface area contributed by atoms with Crippen LogP contribution in [0.3, 0.4) is 0 Å². The molecule has 0 radical (unpaired) electrons. The van der Waals surface area contributed by atoms with Crippen LogP contribution >= 0.6 is 23.5 Å². The second-order valence-corrected chi connectivity index (χ2v) is 14.4. The van der Waals surface area contributed by atoms with Crippen LogP contribution in [0.25, 0.3) is 0 Å². The molecule has 3 saturated carbocycles. The predicted octanol–water partition coefficient (Wildman–Crippen LogP) is 7.02. The second kappa shape index (κ2) is 7.61. The molecule has 5 aliphatic rings. The number of allylic oxidation sites excluding steroid dienone is 2. The summed E-state index contributed by atoms with van der Waals surface area (Å²) in [6.45, 7) is 9.19. The number of carbonyl (C=O) groups is 1. The van der Waals surface area contributed by atoms with Crippen LogP contribution in [0.2, 0.25) is 0 Å². The standard InChI is InChI=1S/C26H38O2S2/c1-4-5-17-14-19-16-26(29-12-13-30-26)11-10-25(19,3)21-8-9-24(2)18(15-22(27)28)6-7-20(24)23(17)21/h4,16-18,20-21,23H,1,5-15H2,2-3H3,(H,27,28)/t17?,18?,20?,21?,23?,24-,25+/m1/s1. The monoisotopic (exact) mass is 446 g/mol. The minimum Gasteiger partial charge on any atom is -0.481 e. The van der Waals surface area contributed by atoms with E-state index in [9.17, 15) is 9.90 Å². The highest BCUT2D eigenvalue weighted by atomic mass is 32.2. The molecule has 7 atom stereocenters. The number of carboxylic acids is 1. The third-order valence-corrected chi connectivity index (χ3v) is 13.6. The van der Waals surface area contributed by atoms with E-state index in [4.69, 9.17) is 0 Å². The fourth-order valence-electron chi connectivity index (χ4n) is 8.63. The fourth-order valence-corrected chi connectivity index (χ4v) is 11.8. The highest BCUT2D eigenvalue weighted by molar-refractivity contribution is 8.21. The van der Waals surface area contributed by atoms with E-state index in [1.54, 1.807) is 5.57 Å². The van der Waals surface area contributed by atoms with E-state index in [2.05, 4.69) is 56.1 Å². The van der Waals surface area contributed by atoms with Crippen molar-refractivity contribution in [3.05, 3.63) is 24.3 Å². The average molecular weight is 447 g/mol. The summed E-state index contributed by atoms with van der Waals surface area (Å²) in [4.78, 5) is 11.6. The first-order chi connectivity index (χ1) is 14.3. The first-order valence-electron chi connectivity index (χ1n) is 12.1. The lowest BCUT2D eigenvalue weighted by molar-refractivity contribution is -0.140. The number of aliphatic carboxylic acids is 1. The Kier molecular flexibility index (Phi) is 5.45. The summed E-state index contributed by atoms with van der Waals surface area (Å²) in [5.74, 6) is 5.31. The lowest BCUT2D eigenvalue weighted by atomic mass is 9.44. The molecule has 2 nitrogen and oxygen atoms in total. The van der Waals surface area contributed by atoms with Crippen molar-refractivity contribution < 1.29 is 9.90 Å². The Morgan fingerprint density at radius 2 is 1.93 bits per heavy atom. The normalized spacial score (nSPS) is 46.6. The van der Waals surface area contributed by atoms with Crippen molar-refractivity contribution >= 4 is 29.5 Å². The summed E-state index contributed by atoms with van der Waals surface area (Å²) in [6, 6.07) is 0. The lowest BCUT2D eigenvalue weighted by Crippen LogP contribution is -2.54. The molecule has 5 unspecified atom stereocenters. The SMILES string of the molecule is C=CCC1CC2=CC3(CC[C@]2(C)C2CC[C@]4(C)C(CC(=O)O)CCC4C12)SCCS3. The zero-order chi connectivity index (χ0) is 21.1. The van der Waals surface area contributed by atoms with Gasteiger partial charge in [-0.15, -0.1) is 30.1 Å². The van der Waals surface area contributed by atoms with Gasteiger partial charge in [-0.25, -0.2) is 0 Å². The number of carboxylic acid groups (broad SMARTS) is 1.